The van der Waals surface area contributed by atoms with E-state index in [1.807, 2.05) is 0 Å². The summed E-state index contributed by atoms with van der Waals surface area (Å²) < 4.78 is 41.6. The van der Waals surface area contributed by atoms with Gasteiger partial charge in [0.05, 0.1) is 17.7 Å². The van der Waals surface area contributed by atoms with Gasteiger partial charge in [0.25, 0.3) is 0 Å². The van der Waals surface area contributed by atoms with Gasteiger partial charge in [-0.15, -0.1) is 0 Å². The zero-order valence-electron chi connectivity index (χ0n) is 9.42. The summed E-state index contributed by atoms with van der Waals surface area (Å²) in [6.07, 6.45) is -3.81. The number of esters is 1. The summed E-state index contributed by atoms with van der Waals surface area (Å²) >= 11 is 6.63. The predicted molar refractivity (Wildman–Crippen MR) is 61.6 cm³/mol. The van der Waals surface area contributed by atoms with Crippen molar-refractivity contribution in [2.24, 2.45) is 0 Å². The van der Waals surface area contributed by atoms with E-state index in [9.17, 15) is 18.0 Å². The molecule has 0 aromatic carbocycles. The minimum Gasteiger partial charge on any atom is -0.468 e. The van der Waals surface area contributed by atoms with Crippen molar-refractivity contribution in [3.05, 3.63) is 22.8 Å². The van der Waals surface area contributed by atoms with Gasteiger partial charge >= 0.3 is 12.1 Å². The first-order chi connectivity index (χ1) is 8.25. The van der Waals surface area contributed by atoms with Crippen LogP contribution in [0.3, 0.4) is 0 Å². The van der Waals surface area contributed by atoms with Crippen molar-refractivity contribution in [2.75, 3.05) is 7.11 Å². The molecule has 0 fully saturated rings. The second kappa shape index (κ2) is 5.79. The molecule has 100 valence electrons. The highest BCUT2D eigenvalue weighted by Gasteiger charge is 2.32. The molecule has 1 atom stereocenters. The summed E-state index contributed by atoms with van der Waals surface area (Å²) in [6.45, 7) is 1.55. The first-order valence-corrected chi connectivity index (χ1v) is 5.98. The SMILES string of the molecule is COC(=O)C(C)Sc1ncc(C(F)(F)F)cc1Cl. The molecule has 0 radical (unpaired) electrons. The molecule has 18 heavy (non-hydrogen) atoms. The fourth-order valence-electron chi connectivity index (χ4n) is 1.05. The number of thioether (sulfide) groups is 1. The summed E-state index contributed by atoms with van der Waals surface area (Å²) in [4.78, 5) is 14.8. The highest BCUT2D eigenvalue weighted by Crippen LogP contribution is 2.34. The standard InChI is InChI=1S/C10H9ClF3NO2S/c1-5(9(16)17-2)18-8-7(11)3-6(4-15-8)10(12,13)14/h3-5H,1-2H3. The molecule has 0 saturated heterocycles. The number of ether oxygens (including phenoxy) is 1. The molecule has 0 bridgehead atoms. The number of halogens is 4. The van der Waals surface area contributed by atoms with Crippen LogP contribution in [0.1, 0.15) is 12.5 Å². The molecule has 0 aliphatic carbocycles. The molecule has 0 N–H and O–H groups in total. The topological polar surface area (TPSA) is 39.2 Å². The monoisotopic (exact) mass is 299 g/mol. The van der Waals surface area contributed by atoms with Gasteiger partial charge in [0.15, 0.2) is 0 Å². The highest BCUT2D eigenvalue weighted by molar-refractivity contribution is 8.00. The number of rotatable bonds is 3. The van der Waals surface area contributed by atoms with Crippen molar-refractivity contribution in [1.29, 1.82) is 0 Å². The predicted octanol–water partition coefficient (Wildman–Crippen LogP) is 3.41. The molecule has 1 unspecified atom stereocenters. The van der Waals surface area contributed by atoms with Crippen LogP contribution in [0.2, 0.25) is 5.02 Å². The third-order valence-electron chi connectivity index (χ3n) is 1.96. The molecule has 0 spiro atoms. The Bertz CT molecular complexity index is 453. The molecule has 3 nitrogen and oxygen atoms in total. The van der Waals surface area contributed by atoms with E-state index in [1.165, 1.54) is 7.11 Å². The van der Waals surface area contributed by atoms with Crippen LogP contribution in [0.5, 0.6) is 0 Å². The summed E-state index contributed by atoms with van der Waals surface area (Å²) in [5.41, 5.74) is -0.928. The number of hydrogen-bond acceptors (Lipinski definition) is 4. The molecule has 1 aromatic heterocycles. The number of pyridine rings is 1. The third kappa shape index (κ3) is 3.78. The molecule has 0 aliphatic rings. The maximum absolute atomic E-state index is 12.4. The molecule has 0 amide bonds. The smallest absolute Gasteiger partial charge is 0.417 e. The minimum atomic E-state index is -4.49. The first-order valence-electron chi connectivity index (χ1n) is 4.73. The average Bonchev–Trinajstić information content (AvgIpc) is 2.29. The Balaban J connectivity index is 2.90. The fourth-order valence-corrected chi connectivity index (χ4v) is 2.16. The van der Waals surface area contributed by atoms with Crippen molar-refractivity contribution in [1.82, 2.24) is 4.98 Å². The van der Waals surface area contributed by atoms with E-state index in [2.05, 4.69) is 9.72 Å². The van der Waals surface area contributed by atoms with Crippen LogP contribution in [0.4, 0.5) is 13.2 Å². The fraction of sp³-hybridized carbons (Fsp3) is 0.400. The summed E-state index contributed by atoms with van der Waals surface area (Å²) in [6, 6.07) is 0.779. The van der Waals surface area contributed by atoms with E-state index in [-0.39, 0.29) is 10.0 Å². The number of methoxy groups -OCH3 is 1. The van der Waals surface area contributed by atoms with Crippen molar-refractivity contribution < 1.29 is 22.7 Å². The number of aromatic nitrogens is 1. The Morgan fingerprint density at radius 2 is 2.17 bits per heavy atom. The lowest BCUT2D eigenvalue weighted by atomic mass is 10.3. The van der Waals surface area contributed by atoms with Crippen LogP contribution < -0.4 is 0 Å². The quantitative estimate of drug-likeness (QED) is 0.633. The Hall–Kier alpha value is -0.950. The Labute approximate surface area is 111 Å². The van der Waals surface area contributed by atoms with Crippen molar-refractivity contribution in [2.45, 2.75) is 23.4 Å². The molecular formula is C10H9ClF3NO2S. The van der Waals surface area contributed by atoms with Gasteiger partial charge in [-0.3, -0.25) is 4.79 Å². The lowest BCUT2D eigenvalue weighted by Crippen LogP contribution is -2.15. The van der Waals surface area contributed by atoms with Crippen LogP contribution in [0, 0.1) is 0 Å². The average molecular weight is 300 g/mol. The van der Waals surface area contributed by atoms with Gasteiger partial charge in [-0.1, -0.05) is 23.4 Å². The number of alkyl halides is 3. The van der Waals surface area contributed by atoms with Gasteiger partial charge < -0.3 is 4.74 Å². The Morgan fingerprint density at radius 3 is 2.61 bits per heavy atom. The van der Waals surface area contributed by atoms with E-state index in [0.717, 1.165) is 17.8 Å². The van der Waals surface area contributed by atoms with Crippen molar-refractivity contribution >= 4 is 29.3 Å². The number of hydrogen-bond donors (Lipinski definition) is 0. The third-order valence-corrected chi connectivity index (χ3v) is 3.45. The van der Waals surface area contributed by atoms with Crippen LogP contribution in [0.15, 0.2) is 17.3 Å². The van der Waals surface area contributed by atoms with Crippen LogP contribution in [0.25, 0.3) is 0 Å². The summed E-state index contributed by atoms with van der Waals surface area (Å²) in [7, 11) is 1.22. The molecule has 1 heterocycles. The second-order valence-electron chi connectivity index (χ2n) is 3.29. The lowest BCUT2D eigenvalue weighted by Gasteiger charge is -2.11. The zero-order chi connectivity index (χ0) is 13.9. The van der Waals surface area contributed by atoms with Crippen molar-refractivity contribution in [3.8, 4) is 0 Å². The maximum Gasteiger partial charge on any atom is 0.417 e. The molecule has 8 heteroatoms. The van der Waals surface area contributed by atoms with E-state index in [0.29, 0.717) is 6.20 Å². The maximum atomic E-state index is 12.4. The summed E-state index contributed by atoms with van der Waals surface area (Å²) in [5.74, 6) is -0.502. The van der Waals surface area contributed by atoms with Gasteiger partial charge in [-0.2, -0.15) is 13.2 Å². The van der Waals surface area contributed by atoms with Crippen LogP contribution in [-0.2, 0) is 15.7 Å². The second-order valence-corrected chi connectivity index (χ2v) is 5.03. The Morgan fingerprint density at radius 1 is 1.56 bits per heavy atom. The van der Waals surface area contributed by atoms with Crippen LogP contribution >= 0.6 is 23.4 Å². The van der Waals surface area contributed by atoms with E-state index in [4.69, 9.17) is 11.6 Å². The van der Waals surface area contributed by atoms with Crippen molar-refractivity contribution in [3.63, 3.8) is 0 Å². The van der Waals surface area contributed by atoms with E-state index >= 15 is 0 Å². The number of carbonyl (C=O) groups excluding carboxylic acids is 1. The molecule has 1 rings (SSSR count). The first kappa shape index (κ1) is 15.1. The van der Waals surface area contributed by atoms with E-state index < -0.39 is 23.0 Å². The molecular weight excluding hydrogens is 291 g/mol. The van der Waals surface area contributed by atoms with E-state index in [1.54, 1.807) is 6.92 Å². The number of carbonyl (C=O) groups is 1. The number of nitrogens with zero attached hydrogens (tertiary/aromatic N) is 1. The van der Waals surface area contributed by atoms with Crippen LogP contribution in [-0.4, -0.2) is 23.3 Å². The minimum absolute atomic E-state index is 0.148. The highest BCUT2D eigenvalue weighted by atomic mass is 35.5. The molecule has 1 aromatic rings. The normalized spacial score (nSPS) is 13.2. The molecule has 0 saturated carbocycles. The Kier molecular flexibility index (Phi) is 4.86. The van der Waals surface area contributed by atoms with Gasteiger partial charge in [-0.25, -0.2) is 4.98 Å². The largest absolute Gasteiger partial charge is 0.468 e. The molecule has 0 aliphatic heterocycles. The zero-order valence-corrected chi connectivity index (χ0v) is 11.0. The van der Waals surface area contributed by atoms with Gasteiger partial charge in [0, 0.05) is 6.20 Å². The van der Waals surface area contributed by atoms with Gasteiger partial charge in [-0.05, 0) is 13.0 Å². The van der Waals surface area contributed by atoms with Gasteiger partial charge in [0.2, 0.25) is 0 Å². The summed E-state index contributed by atoms with van der Waals surface area (Å²) in [5, 5.41) is -0.593. The lowest BCUT2D eigenvalue weighted by molar-refractivity contribution is -0.140. The van der Waals surface area contributed by atoms with Gasteiger partial charge in [0.1, 0.15) is 10.3 Å².